The lowest BCUT2D eigenvalue weighted by molar-refractivity contribution is 0.757. The van der Waals surface area contributed by atoms with E-state index >= 15 is 0 Å². The number of rotatable bonds is 0. The van der Waals surface area contributed by atoms with Crippen LogP contribution in [0.1, 0.15) is 5.69 Å². The molecule has 0 aliphatic heterocycles. The molecule has 0 unspecified atom stereocenters. The van der Waals surface area contributed by atoms with Crippen LogP contribution in [0.2, 0.25) is 5.15 Å². The van der Waals surface area contributed by atoms with E-state index < -0.39 is 0 Å². The van der Waals surface area contributed by atoms with Crippen LogP contribution in [0.25, 0.3) is 0 Å². The molecule has 0 saturated carbocycles. The Hall–Kier alpha value is -0.700. The largest absolute Gasteiger partial charge is 0.395 e. The number of hydrogen-bond donors (Lipinski definition) is 1. The molecule has 2 N–H and O–H groups in total. The summed E-state index contributed by atoms with van der Waals surface area (Å²) in [6.45, 7) is 1.82. The average molecular weight is 146 g/mol. The van der Waals surface area contributed by atoms with Gasteiger partial charge in [0.15, 0.2) is 0 Å². The minimum Gasteiger partial charge on any atom is -0.395 e. The van der Waals surface area contributed by atoms with Gasteiger partial charge in [-0.3, -0.25) is 4.68 Å². The molecule has 0 saturated heterocycles. The molecular weight excluding hydrogens is 138 g/mol. The molecule has 1 rings (SSSR count). The third-order valence-electron chi connectivity index (χ3n) is 1.20. The van der Waals surface area contributed by atoms with Crippen molar-refractivity contribution in [3.05, 3.63) is 10.8 Å². The monoisotopic (exact) mass is 145 g/mol. The third-order valence-corrected chi connectivity index (χ3v) is 1.64. The topological polar surface area (TPSA) is 43.8 Å². The van der Waals surface area contributed by atoms with Crippen molar-refractivity contribution in [1.82, 2.24) is 9.78 Å². The second-order valence-electron chi connectivity index (χ2n) is 1.91. The third kappa shape index (κ3) is 0.876. The summed E-state index contributed by atoms with van der Waals surface area (Å²) >= 11 is 5.67. The molecule has 0 aromatic carbocycles. The standard InChI is InChI=1S/C5H8ClN3/c1-3-4(7)5(6)9(2)8-3/h7H2,1-2H3. The molecule has 1 aromatic rings. The molecule has 0 fully saturated rings. The number of nitrogens with zero attached hydrogens (tertiary/aromatic N) is 2. The molecule has 1 heterocycles. The van der Waals surface area contributed by atoms with Gasteiger partial charge in [-0.2, -0.15) is 5.10 Å². The summed E-state index contributed by atoms with van der Waals surface area (Å²) in [6, 6.07) is 0. The molecule has 1 aromatic heterocycles. The zero-order valence-electron chi connectivity index (χ0n) is 5.35. The molecule has 0 amide bonds. The highest BCUT2D eigenvalue weighted by molar-refractivity contribution is 6.32. The molecule has 0 aliphatic carbocycles. The van der Waals surface area contributed by atoms with Crippen molar-refractivity contribution >= 4 is 17.3 Å². The van der Waals surface area contributed by atoms with E-state index in [0.29, 0.717) is 10.8 Å². The van der Waals surface area contributed by atoms with Crippen molar-refractivity contribution in [2.45, 2.75) is 6.92 Å². The number of aromatic nitrogens is 2. The predicted octanol–water partition coefficient (Wildman–Crippen LogP) is 0.964. The molecule has 0 radical (unpaired) electrons. The van der Waals surface area contributed by atoms with Crippen LogP contribution >= 0.6 is 11.6 Å². The zero-order valence-corrected chi connectivity index (χ0v) is 6.11. The van der Waals surface area contributed by atoms with Gasteiger partial charge < -0.3 is 5.73 Å². The fourth-order valence-electron chi connectivity index (χ4n) is 0.646. The van der Waals surface area contributed by atoms with E-state index in [-0.39, 0.29) is 0 Å². The van der Waals surface area contributed by atoms with E-state index in [2.05, 4.69) is 5.10 Å². The van der Waals surface area contributed by atoms with Crippen LogP contribution in [-0.4, -0.2) is 9.78 Å². The number of aryl methyl sites for hydroxylation is 2. The van der Waals surface area contributed by atoms with Crippen molar-refractivity contribution in [2.75, 3.05) is 5.73 Å². The van der Waals surface area contributed by atoms with E-state index in [0.717, 1.165) is 5.69 Å². The Labute approximate surface area is 58.4 Å². The molecule has 0 aliphatic rings. The minimum atomic E-state index is 0.507. The van der Waals surface area contributed by atoms with Crippen LogP contribution in [-0.2, 0) is 7.05 Å². The van der Waals surface area contributed by atoms with Gasteiger partial charge in [0.1, 0.15) is 5.15 Å². The summed E-state index contributed by atoms with van der Waals surface area (Å²) in [4.78, 5) is 0. The molecule has 0 bridgehead atoms. The zero-order chi connectivity index (χ0) is 7.02. The first-order valence-corrected chi connectivity index (χ1v) is 2.95. The van der Waals surface area contributed by atoms with Crippen molar-refractivity contribution in [3.63, 3.8) is 0 Å². The van der Waals surface area contributed by atoms with Crippen molar-refractivity contribution in [2.24, 2.45) is 7.05 Å². The maximum Gasteiger partial charge on any atom is 0.150 e. The first-order chi connectivity index (χ1) is 4.13. The Morgan fingerprint density at radius 3 is 2.33 bits per heavy atom. The Morgan fingerprint density at radius 1 is 1.67 bits per heavy atom. The van der Waals surface area contributed by atoms with E-state index in [1.165, 1.54) is 0 Å². The van der Waals surface area contributed by atoms with Gasteiger partial charge in [-0.05, 0) is 6.92 Å². The maximum atomic E-state index is 5.67. The van der Waals surface area contributed by atoms with Gasteiger partial charge >= 0.3 is 0 Å². The fraction of sp³-hybridized carbons (Fsp3) is 0.400. The van der Waals surface area contributed by atoms with Gasteiger partial charge in [-0.15, -0.1) is 0 Å². The Kier molecular flexibility index (Phi) is 1.37. The molecule has 3 nitrogen and oxygen atoms in total. The maximum absolute atomic E-state index is 5.67. The van der Waals surface area contributed by atoms with Crippen molar-refractivity contribution in [3.8, 4) is 0 Å². The quantitative estimate of drug-likeness (QED) is 0.591. The second kappa shape index (κ2) is 1.92. The lowest BCUT2D eigenvalue weighted by Crippen LogP contribution is -1.89. The van der Waals surface area contributed by atoms with Crippen molar-refractivity contribution in [1.29, 1.82) is 0 Å². The number of anilines is 1. The number of hydrogen-bond acceptors (Lipinski definition) is 2. The summed E-state index contributed by atoms with van der Waals surface area (Å²) in [5, 5.41) is 4.48. The summed E-state index contributed by atoms with van der Waals surface area (Å²) in [7, 11) is 1.76. The van der Waals surface area contributed by atoms with Crippen LogP contribution < -0.4 is 5.73 Å². The Morgan fingerprint density at radius 2 is 2.22 bits per heavy atom. The van der Waals surface area contributed by atoms with Crippen LogP contribution in [0, 0.1) is 6.92 Å². The number of nitrogen functional groups attached to an aromatic ring is 1. The lowest BCUT2D eigenvalue weighted by Gasteiger charge is -1.87. The first-order valence-electron chi connectivity index (χ1n) is 2.57. The minimum absolute atomic E-state index is 0.507. The predicted molar refractivity (Wildman–Crippen MR) is 37.4 cm³/mol. The summed E-state index contributed by atoms with van der Waals surface area (Å²) in [5.41, 5.74) is 6.84. The molecule has 0 atom stereocenters. The van der Waals surface area contributed by atoms with Gasteiger partial charge in [-0.25, -0.2) is 0 Å². The molecule has 9 heavy (non-hydrogen) atoms. The molecule has 4 heteroatoms. The van der Waals surface area contributed by atoms with Crippen LogP contribution in [0.3, 0.4) is 0 Å². The highest BCUT2D eigenvalue weighted by Gasteiger charge is 2.04. The Bertz CT molecular complexity index is 206. The average Bonchev–Trinajstić information content (AvgIpc) is 1.98. The van der Waals surface area contributed by atoms with Gasteiger partial charge in [0.2, 0.25) is 0 Å². The Balaban J connectivity index is 3.29. The van der Waals surface area contributed by atoms with E-state index in [1.807, 2.05) is 6.92 Å². The highest BCUT2D eigenvalue weighted by atomic mass is 35.5. The van der Waals surface area contributed by atoms with Crippen LogP contribution in [0.4, 0.5) is 5.69 Å². The number of nitrogens with two attached hydrogens (primary N) is 1. The normalized spacial score (nSPS) is 10.1. The van der Waals surface area contributed by atoms with Crippen LogP contribution in [0.15, 0.2) is 0 Å². The summed E-state index contributed by atoms with van der Waals surface area (Å²) in [5.74, 6) is 0. The van der Waals surface area contributed by atoms with E-state index in [9.17, 15) is 0 Å². The molecule has 0 spiro atoms. The van der Waals surface area contributed by atoms with Crippen LogP contribution in [0.5, 0.6) is 0 Å². The highest BCUT2D eigenvalue weighted by Crippen LogP contribution is 2.19. The fourth-order valence-corrected chi connectivity index (χ4v) is 0.821. The van der Waals surface area contributed by atoms with Crippen molar-refractivity contribution < 1.29 is 0 Å². The van der Waals surface area contributed by atoms with Gasteiger partial charge in [-0.1, -0.05) is 11.6 Å². The first kappa shape index (κ1) is 6.42. The van der Waals surface area contributed by atoms with E-state index in [1.54, 1.807) is 11.7 Å². The summed E-state index contributed by atoms with van der Waals surface area (Å²) < 4.78 is 1.55. The lowest BCUT2D eigenvalue weighted by atomic mass is 10.4. The molecular formula is C5H8ClN3. The van der Waals surface area contributed by atoms with Gasteiger partial charge in [0, 0.05) is 7.05 Å². The molecule has 50 valence electrons. The smallest absolute Gasteiger partial charge is 0.150 e. The SMILES string of the molecule is Cc1nn(C)c(Cl)c1N. The number of halogens is 1. The van der Waals surface area contributed by atoms with Gasteiger partial charge in [0.05, 0.1) is 11.4 Å². The second-order valence-corrected chi connectivity index (χ2v) is 2.27. The van der Waals surface area contributed by atoms with Gasteiger partial charge in [0.25, 0.3) is 0 Å². The summed E-state index contributed by atoms with van der Waals surface area (Å²) in [6.07, 6.45) is 0. The van der Waals surface area contributed by atoms with E-state index in [4.69, 9.17) is 17.3 Å².